The van der Waals surface area contributed by atoms with Gasteiger partial charge < -0.3 is 9.64 Å². The number of amides is 1. The Kier molecular flexibility index (Phi) is 4.99. The van der Waals surface area contributed by atoms with Crippen LogP contribution in [0.5, 0.6) is 0 Å². The second-order valence-corrected chi connectivity index (χ2v) is 6.33. The minimum Gasteiger partial charge on any atom is -0.449 e. The van der Waals surface area contributed by atoms with Crippen molar-refractivity contribution >= 4 is 22.6 Å². The van der Waals surface area contributed by atoms with Crippen LogP contribution < -0.4 is 4.90 Å². The van der Waals surface area contributed by atoms with Gasteiger partial charge in [0.05, 0.1) is 6.61 Å². The van der Waals surface area contributed by atoms with Crippen LogP contribution in [0.1, 0.15) is 27.2 Å². The Labute approximate surface area is 124 Å². The molecular weight excluding hydrogens is 274 g/mol. The monoisotopic (exact) mass is 297 g/mol. The molecule has 0 spiro atoms. The van der Waals surface area contributed by atoms with Crippen molar-refractivity contribution in [3.8, 4) is 0 Å². The molecule has 3 atom stereocenters. The summed E-state index contributed by atoms with van der Waals surface area (Å²) in [4.78, 5) is 20.7. The van der Waals surface area contributed by atoms with Crippen LogP contribution in [0.3, 0.4) is 0 Å². The number of rotatable bonds is 3. The van der Waals surface area contributed by atoms with E-state index >= 15 is 0 Å². The Morgan fingerprint density at radius 2 is 2.35 bits per heavy atom. The van der Waals surface area contributed by atoms with E-state index in [1.807, 2.05) is 12.3 Å². The van der Waals surface area contributed by atoms with Crippen molar-refractivity contribution in [3.63, 3.8) is 0 Å². The summed E-state index contributed by atoms with van der Waals surface area (Å²) in [6, 6.07) is 0.597. The number of carbonyl (C=O) groups excluding carboxylic acids is 1. The predicted molar refractivity (Wildman–Crippen MR) is 81.3 cm³/mol. The molecule has 20 heavy (non-hydrogen) atoms. The fraction of sp³-hybridized carbons (Fsp3) is 0.714. The predicted octanol–water partition coefficient (Wildman–Crippen LogP) is 2.83. The molecule has 0 radical (unpaired) electrons. The molecule has 3 unspecified atom stereocenters. The van der Waals surface area contributed by atoms with Gasteiger partial charge in [0.2, 0.25) is 0 Å². The summed E-state index contributed by atoms with van der Waals surface area (Å²) in [5.41, 5.74) is 0. The lowest BCUT2D eigenvalue weighted by Crippen LogP contribution is -2.54. The number of hydrogen-bond donors (Lipinski definition) is 0. The van der Waals surface area contributed by atoms with E-state index in [-0.39, 0.29) is 12.1 Å². The summed E-state index contributed by atoms with van der Waals surface area (Å²) < 4.78 is 5.23. The molecule has 0 saturated carbocycles. The van der Waals surface area contributed by atoms with E-state index in [9.17, 15) is 4.79 Å². The van der Waals surface area contributed by atoms with E-state index in [2.05, 4.69) is 30.8 Å². The molecule has 2 rings (SSSR count). The van der Waals surface area contributed by atoms with Crippen LogP contribution in [0.4, 0.5) is 9.93 Å². The van der Waals surface area contributed by atoms with Gasteiger partial charge in [0.1, 0.15) is 0 Å². The zero-order chi connectivity index (χ0) is 14.7. The zero-order valence-corrected chi connectivity index (χ0v) is 13.4. The Morgan fingerprint density at radius 3 is 2.95 bits per heavy atom. The lowest BCUT2D eigenvalue weighted by molar-refractivity contribution is 0.119. The summed E-state index contributed by atoms with van der Waals surface area (Å²) in [5, 5.41) is 2.63. The van der Waals surface area contributed by atoms with Crippen LogP contribution >= 0.6 is 11.3 Å². The van der Waals surface area contributed by atoms with Crippen molar-refractivity contribution in [1.29, 1.82) is 0 Å². The fourth-order valence-electron chi connectivity index (χ4n) is 2.76. The summed E-state index contributed by atoms with van der Waals surface area (Å²) in [7, 11) is 2.13. The molecule has 6 heteroatoms. The van der Waals surface area contributed by atoms with Gasteiger partial charge in [-0.1, -0.05) is 6.92 Å². The second kappa shape index (κ2) is 6.54. The normalized spacial score (nSPS) is 27.3. The molecule has 1 amide bonds. The third kappa shape index (κ3) is 3.12. The van der Waals surface area contributed by atoms with Crippen molar-refractivity contribution < 1.29 is 9.53 Å². The zero-order valence-electron chi connectivity index (χ0n) is 12.6. The highest BCUT2D eigenvalue weighted by Crippen LogP contribution is 2.31. The lowest BCUT2D eigenvalue weighted by Gasteiger charge is -2.43. The summed E-state index contributed by atoms with van der Waals surface area (Å²) in [6.07, 6.45) is 2.39. The van der Waals surface area contributed by atoms with Crippen molar-refractivity contribution in [2.24, 2.45) is 5.92 Å². The molecule has 2 heterocycles. The van der Waals surface area contributed by atoms with Crippen LogP contribution in [-0.4, -0.2) is 48.3 Å². The highest BCUT2D eigenvalue weighted by atomic mass is 32.1. The van der Waals surface area contributed by atoms with E-state index in [1.54, 1.807) is 11.1 Å². The third-order valence-corrected chi connectivity index (χ3v) is 4.76. The SMILES string of the molecule is CCOC(=O)N(c1nccs1)C1CC(C)N(C)CC1C. The van der Waals surface area contributed by atoms with Crippen LogP contribution in [-0.2, 0) is 4.74 Å². The minimum absolute atomic E-state index is 0.145. The number of piperidine rings is 1. The number of hydrogen-bond acceptors (Lipinski definition) is 5. The number of nitrogens with zero attached hydrogens (tertiary/aromatic N) is 3. The van der Waals surface area contributed by atoms with Crippen molar-refractivity contribution in [2.75, 3.05) is 25.1 Å². The first kappa shape index (κ1) is 15.3. The smallest absolute Gasteiger partial charge is 0.416 e. The van der Waals surface area contributed by atoms with Gasteiger partial charge in [-0.25, -0.2) is 14.7 Å². The molecule has 5 nitrogen and oxygen atoms in total. The summed E-state index contributed by atoms with van der Waals surface area (Å²) >= 11 is 1.48. The van der Waals surface area contributed by atoms with Gasteiger partial charge in [0.25, 0.3) is 0 Å². The van der Waals surface area contributed by atoms with Crippen molar-refractivity contribution in [2.45, 2.75) is 39.3 Å². The average molecular weight is 297 g/mol. The lowest BCUT2D eigenvalue weighted by atomic mass is 9.89. The van der Waals surface area contributed by atoms with Gasteiger partial charge in [-0.3, -0.25) is 0 Å². The number of carbonyl (C=O) groups is 1. The maximum Gasteiger partial charge on any atom is 0.416 e. The Hall–Kier alpha value is -1.14. The molecule has 0 aromatic carbocycles. The quantitative estimate of drug-likeness (QED) is 0.860. The van der Waals surface area contributed by atoms with E-state index in [0.717, 1.165) is 18.1 Å². The Balaban J connectivity index is 2.24. The molecular formula is C14H23N3O2S. The molecule has 1 aliphatic rings. The largest absolute Gasteiger partial charge is 0.449 e. The molecule has 1 aromatic heterocycles. The van der Waals surface area contributed by atoms with Crippen LogP contribution in [0.25, 0.3) is 0 Å². The van der Waals surface area contributed by atoms with Gasteiger partial charge in [0, 0.05) is 30.2 Å². The number of ether oxygens (including phenoxy) is 1. The van der Waals surface area contributed by atoms with Crippen LogP contribution in [0.15, 0.2) is 11.6 Å². The highest BCUT2D eigenvalue weighted by Gasteiger charge is 2.37. The van der Waals surface area contributed by atoms with Crippen LogP contribution in [0, 0.1) is 5.92 Å². The first-order valence-electron chi connectivity index (χ1n) is 7.10. The summed E-state index contributed by atoms with van der Waals surface area (Å²) in [6.45, 7) is 7.58. The van der Waals surface area contributed by atoms with E-state index < -0.39 is 0 Å². The van der Waals surface area contributed by atoms with Crippen LogP contribution in [0.2, 0.25) is 0 Å². The summed E-state index contributed by atoms with van der Waals surface area (Å²) in [5.74, 6) is 0.393. The Bertz CT molecular complexity index is 438. The fourth-order valence-corrected chi connectivity index (χ4v) is 3.45. The van der Waals surface area contributed by atoms with Gasteiger partial charge in [0.15, 0.2) is 5.13 Å². The van der Waals surface area contributed by atoms with Gasteiger partial charge in [-0.05, 0) is 33.2 Å². The average Bonchev–Trinajstić information content (AvgIpc) is 2.90. The molecule has 0 bridgehead atoms. The Morgan fingerprint density at radius 1 is 1.60 bits per heavy atom. The number of thiazole rings is 1. The molecule has 1 fully saturated rings. The number of aromatic nitrogens is 1. The maximum absolute atomic E-state index is 12.3. The molecule has 1 saturated heterocycles. The topological polar surface area (TPSA) is 45.7 Å². The highest BCUT2D eigenvalue weighted by molar-refractivity contribution is 7.13. The van der Waals surface area contributed by atoms with Crippen molar-refractivity contribution in [3.05, 3.63) is 11.6 Å². The number of anilines is 1. The second-order valence-electron chi connectivity index (χ2n) is 5.45. The first-order chi connectivity index (χ1) is 9.54. The van der Waals surface area contributed by atoms with Crippen molar-refractivity contribution in [1.82, 2.24) is 9.88 Å². The van der Waals surface area contributed by atoms with E-state index in [1.165, 1.54) is 11.3 Å². The standard InChI is InChI=1S/C14H23N3O2S/c1-5-19-14(18)17(13-15-6-7-20-13)12-8-11(3)16(4)9-10(12)2/h6-7,10-12H,5,8-9H2,1-4H3. The van der Waals surface area contributed by atoms with Gasteiger partial charge >= 0.3 is 6.09 Å². The maximum atomic E-state index is 12.3. The van der Waals surface area contributed by atoms with E-state index in [4.69, 9.17) is 4.74 Å². The number of likely N-dealkylation sites (tertiary alicyclic amines) is 1. The minimum atomic E-state index is -0.281. The first-order valence-corrected chi connectivity index (χ1v) is 7.98. The molecule has 112 valence electrons. The van der Waals surface area contributed by atoms with Gasteiger partial charge in [-0.15, -0.1) is 11.3 Å². The molecule has 1 aromatic rings. The molecule has 0 aliphatic carbocycles. The molecule has 0 N–H and O–H groups in total. The third-order valence-electron chi connectivity index (χ3n) is 3.99. The van der Waals surface area contributed by atoms with Gasteiger partial charge in [-0.2, -0.15) is 0 Å². The van der Waals surface area contributed by atoms with E-state index in [0.29, 0.717) is 18.6 Å². The molecule has 1 aliphatic heterocycles.